The number of pyridine rings is 1. The summed E-state index contributed by atoms with van der Waals surface area (Å²) in [7, 11) is 2.12. The number of piperidine rings is 1. The van der Waals surface area contributed by atoms with Crippen LogP contribution in [0.25, 0.3) is 0 Å². The molecule has 1 saturated heterocycles. The number of anilines is 1. The van der Waals surface area contributed by atoms with Gasteiger partial charge >= 0.3 is 0 Å². The number of nitrogens with one attached hydrogen (secondary N) is 1. The lowest BCUT2D eigenvalue weighted by Gasteiger charge is -2.28. The number of nitrogens with zero attached hydrogens (tertiary/aromatic N) is 2. The fourth-order valence-corrected chi connectivity index (χ4v) is 2.19. The maximum Gasteiger partial charge on any atom is 0.128 e. The predicted molar refractivity (Wildman–Crippen MR) is 75.1 cm³/mol. The summed E-state index contributed by atoms with van der Waals surface area (Å²) >= 11 is 0. The van der Waals surface area contributed by atoms with Crippen LogP contribution in [0.3, 0.4) is 0 Å². The van der Waals surface area contributed by atoms with Crippen LogP contribution in [0.1, 0.15) is 24.8 Å². The lowest BCUT2D eigenvalue weighted by Crippen LogP contribution is -2.42. The zero-order valence-electron chi connectivity index (χ0n) is 10.6. The van der Waals surface area contributed by atoms with E-state index >= 15 is 0 Å². The van der Waals surface area contributed by atoms with E-state index < -0.39 is 0 Å². The Balaban J connectivity index is 0.00000144. The molecule has 0 aliphatic carbocycles. The zero-order valence-corrected chi connectivity index (χ0v) is 11.5. The van der Waals surface area contributed by atoms with Crippen molar-refractivity contribution in [2.45, 2.75) is 32.2 Å². The maximum atomic E-state index is 4.44. The molecule has 2 heterocycles. The first-order chi connectivity index (χ1) is 7.75. The summed E-state index contributed by atoms with van der Waals surface area (Å²) in [6.07, 6.45) is 5.90. The second-order valence-electron chi connectivity index (χ2n) is 4.72. The van der Waals surface area contributed by atoms with Crippen LogP contribution in [-0.2, 0) is 0 Å². The molecule has 1 aromatic rings. The Bertz CT molecular complexity index is 320. The van der Waals surface area contributed by atoms with Crippen LogP contribution in [0.2, 0.25) is 0 Å². The van der Waals surface area contributed by atoms with Crippen molar-refractivity contribution in [3.8, 4) is 0 Å². The fraction of sp³-hybridized carbons (Fsp3) is 0.615. The largest absolute Gasteiger partial charge is 0.358 e. The van der Waals surface area contributed by atoms with Crippen LogP contribution in [0.4, 0.5) is 5.82 Å². The van der Waals surface area contributed by atoms with Crippen molar-refractivity contribution in [3.05, 3.63) is 23.9 Å². The summed E-state index contributed by atoms with van der Waals surface area (Å²) in [4.78, 5) is 6.68. The molecule has 4 heteroatoms. The quantitative estimate of drug-likeness (QED) is 0.899. The van der Waals surface area contributed by atoms with Gasteiger partial charge in [0, 0.05) is 25.8 Å². The molecule has 1 aliphatic heterocycles. The van der Waals surface area contributed by atoms with Crippen molar-refractivity contribution < 1.29 is 0 Å². The van der Waals surface area contributed by atoms with Crippen LogP contribution in [0, 0.1) is 6.92 Å². The highest BCUT2D eigenvalue weighted by Crippen LogP contribution is 2.13. The summed E-state index contributed by atoms with van der Waals surface area (Å²) in [5.74, 6) is 1.07. The highest BCUT2D eigenvalue weighted by molar-refractivity contribution is 5.85. The first kappa shape index (κ1) is 14.3. The molecule has 17 heavy (non-hydrogen) atoms. The van der Waals surface area contributed by atoms with Crippen molar-refractivity contribution in [2.24, 2.45) is 0 Å². The molecule has 96 valence electrons. The standard InChI is InChI=1S/C13H21N3.ClH/c1-11-6-7-13(15-9-11)16(2)10-12-5-3-4-8-14-12;/h6-7,9,12,14H,3-5,8,10H2,1-2H3;1H. The third-order valence-electron chi connectivity index (χ3n) is 3.19. The summed E-state index contributed by atoms with van der Waals surface area (Å²) in [6, 6.07) is 4.84. The van der Waals surface area contributed by atoms with Crippen molar-refractivity contribution >= 4 is 18.2 Å². The molecule has 1 aromatic heterocycles. The Morgan fingerprint density at radius 2 is 2.24 bits per heavy atom. The summed E-state index contributed by atoms with van der Waals surface area (Å²) in [5.41, 5.74) is 1.22. The number of halogens is 1. The van der Waals surface area contributed by atoms with Gasteiger partial charge in [-0.2, -0.15) is 0 Å². The Kier molecular flexibility index (Phi) is 5.72. The Labute approximate surface area is 110 Å². The molecular formula is C13H22ClN3. The third kappa shape index (κ3) is 4.17. The molecule has 0 radical (unpaired) electrons. The molecule has 1 aliphatic rings. The van der Waals surface area contributed by atoms with Gasteiger partial charge in [0.1, 0.15) is 5.82 Å². The van der Waals surface area contributed by atoms with E-state index in [1.807, 2.05) is 6.20 Å². The monoisotopic (exact) mass is 255 g/mol. The van der Waals surface area contributed by atoms with Gasteiger partial charge in [-0.1, -0.05) is 12.5 Å². The van der Waals surface area contributed by atoms with Crippen LogP contribution < -0.4 is 10.2 Å². The van der Waals surface area contributed by atoms with Crippen LogP contribution in [0.5, 0.6) is 0 Å². The van der Waals surface area contributed by atoms with E-state index in [9.17, 15) is 0 Å². The number of hydrogen-bond donors (Lipinski definition) is 1. The number of likely N-dealkylation sites (N-methyl/N-ethyl adjacent to an activating group) is 1. The van der Waals surface area contributed by atoms with Crippen molar-refractivity contribution in [1.29, 1.82) is 0 Å². The molecule has 1 unspecified atom stereocenters. The third-order valence-corrected chi connectivity index (χ3v) is 3.19. The molecule has 2 rings (SSSR count). The molecule has 1 N–H and O–H groups in total. The molecule has 0 saturated carbocycles. The van der Waals surface area contributed by atoms with Gasteiger partial charge in [0.2, 0.25) is 0 Å². The minimum Gasteiger partial charge on any atom is -0.358 e. The molecule has 0 aromatic carbocycles. The van der Waals surface area contributed by atoms with Gasteiger partial charge in [0.05, 0.1) is 0 Å². The number of aromatic nitrogens is 1. The normalized spacial score (nSPS) is 19.5. The van der Waals surface area contributed by atoms with Gasteiger partial charge in [-0.3, -0.25) is 0 Å². The Morgan fingerprint density at radius 3 is 2.82 bits per heavy atom. The number of hydrogen-bond acceptors (Lipinski definition) is 3. The number of rotatable bonds is 3. The average Bonchev–Trinajstić information content (AvgIpc) is 2.31. The Hall–Kier alpha value is -0.800. The maximum absolute atomic E-state index is 4.44. The molecule has 0 spiro atoms. The highest BCUT2D eigenvalue weighted by atomic mass is 35.5. The predicted octanol–water partition coefficient (Wildman–Crippen LogP) is 2.39. The zero-order chi connectivity index (χ0) is 11.4. The van der Waals surface area contributed by atoms with Gasteiger partial charge in [0.15, 0.2) is 0 Å². The van der Waals surface area contributed by atoms with Crippen LogP contribution in [-0.4, -0.2) is 31.2 Å². The highest BCUT2D eigenvalue weighted by Gasteiger charge is 2.14. The van der Waals surface area contributed by atoms with E-state index in [-0.39, 0.29) is 12.4 Å². The van der Waals surface area contributed by atoms with E-state index in [2.05, 4.69) is 41.3 Å². The minimum atomic E-state index is 0. The molecule has 0 amide bonds. The van der Waals surface area contributed by atoms with Crippen LogP contribution in [0.15, 0.2) is 18.3 Å². The van der Waals surface area contributed by atoms with Gasteiger partial charge in [-0.05, 0) is 37.9 Å². The second-order valence-corrected chi connectivity index (χ2v) is 4.72. The molecule has 1 fully saturated rings. The lowest BCUT2D eigenvalue weighted by atomic mass is 10.0. The second kappa shape index (κ2) is 6.82. The first-order valence-corrected chi connectivity index (χ1v) is 6.13. The number of aryl methyl sites for hydroxylation is 1. The van der Waals surface area contributed by atoms with Gasteiger partial charge < -0.3 is 10.2 Å². The summed E-state index contributed by atoms with van der Waals surface area (Å²) in [5, 5.41) is 3.56. The smallest absolute Gasteiger partial charge is 0.128 e. The first-order valence-electron chi connectivity index (χ1n) is 6.13. The SMILES string of the molecule is Cc1ccc(N(C)CC2CCCCN2)nc1.Cl. The average molecular weight is 256 g/mol. The molecular weight excluding hydrogens is 234 g/mol. The lowest BCUT2D eigenvalue weighted by molar-refractivity contribution is 0.403. The molecule has 3 nitrogen and oxygen atoms in total. The molecule has 0 bridgehead atoms. The van der Waals surface area contributed by atoms with Gasteiger partial charge in [0.25, 0.3) is 0 Å². The van der Waals surface area contributed by atoms with E-state index in [4.69, 9.17) is 0 Å². The summed E-state index contributed by atoms with van der Waals surface area (Å²) in [6.45, 7) is 4.29. The van der Waals surface area contributed by atoms with Gasteiger partial charge in [-0.15, -0.1) is 12.4 Å². The van der Waals surface area contributed by atoms with E-state index in [0.29, 0.717) is 6.04 Å². The topological polar surface area (TPSA) is 28.2 Å². The Morgan fingerprint density at radius 1 is 1.41 bits per heavy atom. The van der Waals surface area contributed by atoms with Crippen molar-refractivity contribution in [3.63, 3.8) is 0 Å². The van der Waals surface area contributed by atoms with E-state index in [1.165, 1.54) is 31.4 Å². The van der Waals surface area contributed by atoms with E-state index in [0.717, 1.165) is 12.4 Å². The molecule has 1 atom stereocenters. The van der Waals surface area contributed by atoms with E-state index in [1.54, 1.807) is 0 Å². The summed E-state index contributed by atoms with van der Waals surface area (Å²) < 4.78 is 0. The minimum absolute atomic E-state index is 0. The van der Waals surface area contributed by atoms with Gasteiger partial charge in [-0.25, -0.2) is 4.98 Å². The van der Waals surface area contributed by atoms with Crippen molar-refractivity contribution in [1.82, 2.24) is 10.3 Å². The fourth-order valence-electron chi connectivity index (χ4n) is 2.19. The van der Waals surface area contributed by atoms with Crippen LogP contribution >= 0.6 is 12.4 Å². The van der Waals surface area contributed by atoms with Crippen molar-refractivity contribution in [2.75, 3.05) is 25.0 Å².